The molecule has 0 atom stereocenters. The van der Waals surface area contributed by atoms with Crippen LogP contribution in [0.4, 0.5) is 0 Å². The first-order valence-corrected chi connectivity index (χ1v) is 12.2. The average molecular weight is 437 g/mol. The van der Waals surface area contributed by atoms with Gasteiger partial charge in [0.15, 0.2) is 14.6 Å². The molecule has 1 aromatic heterocycles. The lowest BCUT2D eigenvalue weighted by molar-refractivity contribution is -0.115. The van der Waals surface area contributed by atoms with Gasteiger partial charge in [-0.15, -0.1) is 11.8 Å². The van der Waals surface area contributed by atoms with Gasteiger partial charge < -0.3 is 9.30 Å². The highest BCUT2D eigenvalue weighted by Crippen LogP contribution is 2.24. The first-order chi connectivity index (χ1) is 13.4. The van der Waals surface area contributed by atoms with Crippen LogP contribution in [0, 0.1) is 0 Å². The van der Waals surface area contributed by atoms with E-state index in [1.165, 1.54) is 30.6 Å². The van der Waals surface area contributed by atoms with Gasteiger partial charge in [0.2, 0.25) is 0 Å². The predicted octanol–water partition coefficient (Wildman–Crippen LogP) is 3.35. The van der Waals surface area contributed by atoms with Gasteiger partial charge in [0, 0.05) is 11.4 Å². The molecule has 28 heavy (non-hydrogen) atoms. The maximum absolute atomic E-state index is 12.5. The van der Waals surface area contributed by atoms with Gasteiger partial charge in [0.25, 0.3) is 5.91 Å². The number of thioether (sulfide) groups is 1. The van der Waals surface area contributed by atoms with E-state index in [1.54, 1.807) is 23.9 Å². The molecule has 2 aromatic carbocycles. The third-order valence-corrected chi connectivity index (χ3v) is 7.54. The van der Waals surface area contributed by atoms with Crippen LogP contribution in [0.5, 0.6) is 5.75 Å². The Labute approximate surface area is 171 Å². The second-order valence-electron chi connectivity index (χ2n) is 5.90. The number of hydrogen-bond donors (Lipinski definition) is 0. The minimum atomic E-state index is -3.77. The van der Waals surface area contributed by atoms with E-state index in [9.17, 15) is 13.2 Å². The Morgan fingerprint density at radius 3 is 2.54 bits per heavy atom. The fourth-order valence-electron chi connectivity index (χ4n) is 2.74. The molecule has 0 aliphatic carbocycles. The summed E-state index contributed by atoms with van der Waals surface area (Å²) in [6.45, 7) is 2.60. The summed E-state index contributed by atoms with van der Waals surface area (Å²) in [5.74, 6) is -0.809. The zero-order valence-corrected chi connectivity index (χ0v) is 18.2. The lowest BCUT2D eigenvalue weighted by Gasteiger charge is -2.04. The first-order valence-electron chi connectivity index (χ1n) is 8.49. The molecule has 0 spiro atoms. The van der Waals surface area contributed by atoms with Crippen molar-refractivity contribution in [2.45, 2.75) is 23.3 Å². The van der Waals surface area contributed by atoms with Crippen molar-refractivity contribution in [1.82, 2.24) is 4.57 Å². The molecule has 0 saturated carbocycles. The normalized spacial score (nSPS) is 12.5. The van der Waals surface area contributed by atoms with Crippen LogP contribution in [0.25, 0.3) is 10.2 Å². The smallest absolute Gasteiger partial charge is 0.263 e. The zero-order valence-electron chi connectivity index (χ0n) is 15.7. The number of aromatic nitrogens is 1. The molecule has 0 aliphatic heterocycles. The van der Waals surface area contributed by atoms with Gasteiger partial charge in [0.05, 0.1) is 22.2 Å². The number of sulfone groups is 1. The van der Waals surface area contributed by atoms with Gasteiger partial charge in [-0.05, 0) is 55.6 Å². The number of ether oxygens (including phenoxy) is 1. The molecular weight excluding hydrogens is 416 g/mol. The van der Waals surface area contributed by atoms with E-state index in [0.29, 0.717) is 17.1 Å². The summed E-state index contributed by atoms with van der Waals surface area (Å²) < 4.78 is 33.0. The van der Waals surface area contributed by atoms with Crippen molar-refractivity contribution in [2.24, 2.45) is 4.99 Å². The van der Waals surface area contributed by atoms with Crippen LogP contribution in [0.2, 0.25) is 0 Å². The average Bonchev–Trinajstić information content (AvgIpc) is 3.03. The molecule has 0 radical (unpaired) electrons. The van der Waals surface area contributed by atoms with Crippen molar-refractivity contribution >= 4 is 49.1 Å². The SMILES string of the molecule is CCn1c(=NC(=O)CS(=O)(=O)c2ccc(OC)cc2)sc2cc(SC)ccc21. The summed E-state index contributed by atoms with van der Waals surface area (Å²) in [7, 11) is -2.27. The Morgan fingerprint density at radius 1 is 1.21 bits per heavy atom. The van der Waals surface area contributed by atoms with Gasteiger partial charge in [-0.1, -0.05) is 11.3 Å². The molecule has 0 unspecified atom stereocenters. The predicted molar refractivity (Wildman–Crippen MR) is 113 cm³/mol. The van der Waals surface area contributed by atoms with E-state index in [4.69, 9.17) is 4.74 Å². The van der Waals surface area contributed by atoms with E-state index in [2.05, 4.69) is 11.1 Å². The zero-order chi connectivity index (χ0) is 20.3. The Bertz CT molecular complexity index is 1180. The highest BCUT2D eigenvalue weighted by Gasteiger charge is 2.19. The van der Waals surface area contributed by atoms with Crippen molar-refractivity contribution in [1.29, 1.82) is 0 Å². The Hall–Kier alpha value is -2.10. The fraction of sp³-hybridized carbons (Fsp3) is 0.263. The van der Waals surface area contributed by atoms with E-state index in [1.807, 2.05) is 29.9 Å². The van der Waals surface area contributed by atoms with Crippen LogP contribution in [0.3, 0.4) is 0 Å². The molecule has 0 saturated heterocycles. The van der Waals surface area contributed by atoms with Crippen molar-refractivity contribution < 1.29 is 17.9 Å². The number of thiazole rings is 1. The Kier molecular flexibility index (Phi) is 6.26. The summed E-state index contributed by atoms with van der Waals surface area (Å²) in [5, 5.41) is 0. The second kappa shape index (κ2) is 8.50. The van der Waals surface area contributed by atoms with E-state index in [0.717, 1.165) is 15.1 Å². The van der Waals surface area contributed by atoms with Crippen LogP contribution >= 0.6 is 23.1 Å². The number of amides is 1. The number of carbonyl (C=O) groups excluding carboxylic acids is 1. The maximum atomic E-state index is 12.5. The van der Waals surface area contributed by atoms with Gasteiger partial charge in [-0.25, -0.2) is 8.42 Å². The highest BCUT2D eigenvalue weighted by atomic mass is 32.2. The molecule has 6 nitrogen and oxygen atoms in total. The topological polar surface area (TPSA) is 77.7 Å². The maximum Gasteiger partial charge on any atom is 0.263 e. The lowest BCUT2D eigenvalue weighted by atomic mass is 10.3. The van der Waals surface area contributed by atoms with E-state index < -0.39 is 21.5 Å². The quantitative estimate of drug-likeness (QED) is 0.554. The molecule has 0 bridgehead atoms. The third-order valence-electron chi connectivity index (χ3n) is 4.16. The highest BCUT2D eigenvalue weighted by molar-refractivity contribution is 7.98. The second-order valence-corrected chi connectivity index (χ2v) is 9.78. The number of benzene rings is 2. The summed E-state index contributed by atoms with van der Waals surface area (Å²) in [6, 6.07) is 12.0. The van der Waals surface area contributed by atoms with Crippen molar-refractivity contribution in [3.8, 4) is 5.75 Å². The summed E-state index contributed by atoms with van der Waals surface area (Å²) in [5.41, 5.74) is 0.981. The fourth-order valence-corrected chi connectivity index (χ4v) is 5.51. The van der Waals surface area contributed by atoms with Crippen LogP contribution in [-0.4, -0.2) is 38.0 Å². The summed E-state index contributed by atoms with van der Waals surface area (Å²) in [4.78, 5) is 18.2. The van der Waals surface area contributed by atoms with Crippen LogP contribution in [0.15, 0.2) is 57.2 Å². The molecule has 0 aliphatic rings. The number of aryl methyl sites for hydroxylation is 1. The number of nitrogens with zero attached hydrogens (tertiary/aromatic N) is 2. The van der Waals surface area contributed by atoms with Crippen LogP contribution in [0.1, 0.15) is 6.92 Å². The third kappa shape index (κ3) is 4.31. The van der Waals surface area contributed by atoms with Crippen LogP contribution in [-0.2, 0) is 21.2 Å². The Morgan fingerprint density at radius 2 is 1.93 bits per heavy atom. The van der Waals surface area contributed by atoms with E-state index >= 15 is 0 Å². The monoisotopic (exact) mass is 436 g/mol. The molecule has 148 valence electrons. The number of methoxy groups -OCH3 is 1. The summed E-state index contributed by atoms with van der Waals surface area (Å²) in [6.07, 6.45) is 2.00. The minimum Gasteiger partial charge on any atom is -0.497 e. The lowest BCUT2D eigenvalue weighted by Crippen LogP contribution is -2.20. The van der Waals surface area contributed by atoms with Gasteiger partial charge in [0.1, 0.15) is 11.5 Å². The number of carbonyl (C=O) groups is 1. The minimum absolute atomic E-state index is 0.0705. The molecule has 3 aromatic rings. The number of hydrogen-bond acceptors (Lipinski definition) is 6. The molecule has 0 N–H and O–H groups in total. The molecule has 0 fully saturated rings. The van der Waals surface area contributed by atoms with Crippen molar-refractivity contribution in [3.63, 3.8) is 0 Å². The number of rotatable bonds is 6. The molecule has 3 rings (SSSR count). The first kappa shape index (κ1) is 20.6. The molecular formula is C19H20N2O4S3. The largest absolute Gasteiger partial charge is 0.497 e. The van der Waals surface area contributed by atoms with Crippen molar-refractivity contribution in [3.05, 3.63) is 47.3 Å². The molecule has 1 heterocycles. The van der Waals surface area contributed by atoms with Gasteiger partial charge >= 0.3 is 0 Å². The molecule has 9 heteroatoms. The Balaban J connectivity index is 1.93. The van der Waals surface area contributed by atoms with E-state index in [-0.39, 0.29) is 4.90 Å². The van der Waals surface area contributed by atoms with Crippen molar-refractivity contribution in [2.75, 3.05) is 19.1 Å². The summed E-state index contributed by atoms with van der Waals surface area (Å²) >= 11 is 3.02. The number of fused-ring (bicyclic) bond motifs is 1. The standard InChI is InChI=1S/C19H20N2O4S3/c1-4-21-16-10-7-14(26-3)11-17(16)27-19(21)20-18(22)12-28(23,24)15-8-5-13(25-2)6-9-15/h5-11H,4,12H2,1-3H3. The molecule has 1 amide bonds. The van der Waals surface area contributed by atoms with Crippen LogP contribution < -0.4 is 9.54 Å². The van der Waals surface area contributed by atoms with Gasteiger partial charge in [-0.2, -0.15) is 4.99 Å². The van der Waals surface area contributed by atoms with Gasteiger partial charge in [-0.3, -0.25) is 4.79 Å².